The number of fused-ring (bicyclic) bond motifs is 1. The molecule has 4 aromatic rings. The number of hydrogen-bond donors (Lipinski definition) is 2. The molecule has 1 atom stereocenters. The highest BCUT2D eigenvalue weighted by molar-refractivity contribution is 5.81. The van der Waals surface area contributed by atoms with Crippen molar-refractivity contribution in [3.05, 3.63) is 95.9 Å². The topological polar surface area (TPSA) is 62.7 Å². The zero-order chi connectivity index (χ0) is 23.5. The van der Waals surface area contributed by atoms with Crippen LogP contribution in [-0.4, -0.2) is 28.0 Å². The molecule has 0 aliphatic carbocycles. The maximum absolute atomic E-state index is 13.3. The first-order valence-corrected chi connectivity index (χ1v) is 11.0. The zero-order valence-corrected chi connectivity index (χ0v) is 18.2. The molecule has 0 amide bonds. The van der Waals surface area contributed by atoms with Crippen LogP contribution in [0.25, 0.3) is 22.4 Å². The minimum Gasteiger partial charge on any atom is -0.352 e. The lowest BCUT2D eigenvalue weighted by molar-refractivity contribution is -0.137. The molecule has 3 heterocycles. The standard InChI is InChI=1S/C26H22F3N5/c27-26(28,29)20-6-3-5-19(14-20)22-15-32-25(34-24(22)18-8-11-30-12-9-18)33-16-23-21-7-2-1-4-17(21)10-13-31-23/h1-9,11-12,14-15,23,31H,10,13,16H2,(H,32,33,34)/t23-/m1/s1. The van der Waals surface area contributed by atoms with Gasteiger partial charge >= 0.3 is 6.18 Å². The number of alkyl halides is 3. The predicted molar refractivity (Wildman–Crippen MR) is 125 cm³/mol. The highest BCUT2D eigenvalue weighted by Crippen LogP contribution is 2.35. The van der Waals surface area contributed by atoms with E-state index < -0.39 is 11.7 Å². The summed E-state index contributed by atoms with van der Waals surface area (Å²) in [5, 5.41) is 6.82. The second-order valence-corrected chi connectivity index (χ2v) is 8.11. The monoisotopic (exact) mass is 461 g/mol. The summed E-state index contributed by atoms with van der Waals surface area (Å²) in [5.74, 6) is 0.410. The number of hydrogen-bond acceptors (Lipinski definition) is 5. The molecule has 172 valence electrons. The molecule has 2 aromatic carbocycles. The number of nitrogens with zero attached hydrogens (tertiary/aromatic N) is 3. The Morgan fingerprint density at radius 3 is 2.62 bits per heavy atom. The van der Waals surface area contributed by atoms with Crippen LogP contribution in [-0.2, 0) is 12.6 Å². The second-order valence-electron chi connectivity index (χ2n) is 8.11. The number of anilines is 1. The first-order valence-electron chi connectivity index (χ1n) is 11.0. The van der Waals surface area contributed by atoms with E-state index in [2.05, 4.69) is 32.7 Å². The van der Waals surface area contributed by atoms with Crippen LogP contribution in [0.3, 0.4) is 0 Å². The zero-order valence-electron chi connectivity index (χ0n) is 18.2. The van der Waals surface area contributed by atoms with Gasteiger partial charge in [0.2, 0.25) is 5.95 Å². The van der Waals surface area contributed by atoms with Gasteiger partial charge in [-0.1, -0.05) is 36.4 Å². The van der Waals surface area contributed by atoms with Crippen LogP contribution in [0.1, 0.15) is 22.7 Å². The van der Waals surface area contributed by atoms with Crippen molar-refractivity contribution in [1.82, 2.24) is 20.3 Å². The number of benzene rings is 2. The van der Waals surface area contributed by atoms with E-state index in [0.29, 0.717) is 29.3 Å². The molecule has 0 radical (unpaired) electrons. The van der Waals surface area contributed by atoms with Gasteiger partial charge in [0.15, 0.2) is 0 Å². The van der Waals surface area contributed by atoms with Gasteiger partial charge in [0, 0.05) is 42.3 Å². The molecule has 0 unspecified atom stereocenters. The van der Waals surface area contributed by atoms with Crippen LogP contribution in [0.2, 0.25) is 0 Å². The van der Waals surface area contributed by atoms with Crippen LogP contribution in [0, 0.1) is 0 Å². The Bertz CT molecular complexity index is 1290. The van der Waals surface area contributed by atoms with Crippen molar-refractivity contribution in [2.45, 2.75) is 18.6 Å². The maximum atomic E-state index is 13.3. The highest BCUT2D eigenvalue weighted by Gasteiger charge is 2.30. The van der Waals surface area contributed by atoms with Crippen molar-refractivity contribution in [2.75, 3.05) is 18.4 Å². The Morgan fingerprint density at radius 2 is 1.79 bits per heavy atom. The third-order valence-corrected chi connectivity index (χ3v) is 5.92. The molecule has 0 fully saturated rings. The molecule has 1 aliphatic rings. The molecular weight excluding hydrogens is 439 g/mol. The molecule has 2 N–H and O–H groups in total. The van der Waals surface area contributed by atoms with Gasteiger partial charge in [-0.25, -0.2) is 9.97 Å². The van der Waals surface area contributed by atoms with E-state index in [-0.39, 0.29) is 6.04 Å². The average molecular weight is 461 g/mol. The van der Waals surface area contributed by atoms with E-state index in [0.717, 1.165) is 30.7 Å². The first kappa shape index (κ1) is 22.0. The molecule has 34 heavy (non-hydrogen) atoms. The Morgan fingerprint density at radius 1 is 0.971 bits per heavy atom. The fourth-order valence-corrected chi connectivity index (χ4v) is 4.24. The summed E-state index contributed by atoms with van der Waals surface area (Å²) in [4.78, 5) is 13.2. The maximum Gasteiger partial charge on any atom is 0.416 e. The van der Waals surface area contributed by atoms with Gasteiger partial charge in [0.05, 0.1) is 11.3 Å². The molecule has 1 aliphatic heterocycles. The summed E-state index contributed by atoms with van der Waals surface area (Å²) in [6.45, 7) is 1.47. The van der Waals surface area contributed by atoms with E-state index in [4.69, 9.17) is 4.98 Å². The van der Waals surface area contributed by atoms with Crippen molar-refractivity contribution in [2.24, 2.45) is 0 Å². The van der Waals surface area contributed by atoms with Gasteiger partial charge < -0.3 is 10.6 Å². The summed E-state index contributed by atoms with van der Waals surface area (Å²) >= 11 is 0. The van der Waals surface area contributed by atoms with Gasteiger partial charge in [0.25, 0.3) is 0 Å². The lowest BCUT2D eigenvalue weighted by Gasteiger charge is -2.27. The van der Waals surface area contributed by atoms with E-state index in [1.165, 1.54) is 17.2 Å². The number of aromatic nitrogens is 3. The third kappa shape index (κ3) is 4.63. The van der Waals surface area contributed by atoms with Gasteiger partial charge in [-0.15, -0.1) is 0 Å². The van der Waals surface area contributed by atoms with Crippen LogP contribution in [0.5, 0.6) is 0 Å². The van der Waals surface area contributed by atoms with Crippen molar-refractivity contribution in [3.8, 4) is 22.4 Å². The normalized spacial score (nSPS) is 15.6. The summed E-state index contributed by atoms with van der Waals surface area (Å²) in [5.41, 5.74) is 4.06. The summed E-state index contributed by atoms with van der Waals surface area (Å²) < 4.78 is 39.9. The van der Waals surface area contributed by atoms with Crippen LogP contribution < -0.4 is 10.6 Å². The number of halogens is 3. The lowest BCUT2D eigenvalue weighted by atomic mass is 9.94. The Hall–Kier alpha value is -3.78. The second kappa shape index (κ2) is 9.23. The Balaban J connectivity index is 1.47. The van der Waals surface area contributed by atoms with Crippen molar-refractivity contribution >= 4 is 5.95 Å². The van der Waals surface area contributed by atoms with Crippen LogP contribution in [0.15, 0.2) is 79.3 Å². The van der Waals surface area contributed by atoms with Gasteiger partial charge in [0.1, 0.15) is 0 Å². The Labute approximate surface area is 195 Å². The number of rotatable bonds is 5. The van der Waals surface area contributed by atoms with E-state index in [1.54, 1.807) is 36.8 Å². The third-order valence-electron chi connectivity index (χ3n) is 5.92. The van der Waals surface area contributed by atoms with Gasteiger partial charge in [-0.05, 0) is 53.9 Å². The van der Waals surface area contributed by atoms with Gasteiger partial charge in [-0.2, -0.15) is 13.2 Å². The number of nitrogens with one attached hydrogen (secondary N) is 2. The van der Waals surface area contributed by atoms with Crippen LogP contribution in [0.4, 0.5) is 19.1 Å². The molecule has 0 saturated carbocycles. The molecule has 0 saturated heterocycles. The smallest absolute Gasteiger partial charge is 0.352 e. The summed E-state index contributed by atoms with van der Waals surface area (Å²) in [6.07, 6.45) is 1.38. The lowest BCUT2D eigenvalue weighted by Crippen LogP contribution is -2.34. The highest BCUT2D eigenvalue weighted by atomic mass is 19.4. The van der Waals surface area contributed by atoms with E-state index in [1.807, 2.05) is 12.1 Å². The molecule has 0 spiro atoms. The minimum absolute atomic E-state index is 0.112. The Kier molecular flexibility index (Phi) is 5.98. The largest absolute Gasteiger partial charge is 0.416 e. The molecule has 5 rings (SSSR count). The van der Waals surface area contributed by atoms with Gasteiger partial charge in [-0.3, -0.25) is 4.98 Å². The molecular formula is C26H22F3N5. The van der Waals surface area contributed by atoms with E-state index >= 15 is 0 Å². The minimum atomic E-state index is -4.43. The summed E-state index contributed by atoms with van der Waals surface area (Å²) in [6, 6.07) is 17.2. The van der Waals surface area contributed by atoms with E-state index in [9.17, 15) is 13.2 Å². The van der Waals surface area contributed by atoms with Crippen LogP contribution >= 0.6 is 0 Å². The number of pyridine rings is 1. The average Bonchev–Trinajstić information content (AvgIpc) is 2.87. The SMILES string of the molecule is FC(F)(F)c1cccc(-c2cnc(NC[C@H]3NCCc4ccccc43)nc2-c2ccncc2)c1. The molecule has 8 heteroatoms. The molecule has 2 aromatic heterocycles. The quantitative estimate of drug-likeness (QED) is 0.410. The van der Waals surface area contributed by atoms with Crippen molar-refractivity contribution in [1.29, 1.82) is 0 Å². The van der Waals surface area contributed by atoms with Crippen molar-refractivity contribution < 1.29 is 13.2 Å². The van der Waals surface area contributed by atoms with Crippen molar-refractivity contribution in [3.63, 3.8) is 0 Å². The fraction of sp³-hybridized carbons (Fsp3) is 0.192. The molecule has 0 bridgehead atoms. The fourth-order valence-electron chi connectivity index (χ4n) is 4.24. The first-order chi connectivity index (χ1) is 16.5. The predicted octanol–water partition coefficient (Wildman–Crippen LogP) is 5.52. The molecule has 5 nitrogen and oxygen atoms in total. The summed E-state index contributed by atoms with van der Waals surface area (Å²) in [7, 11) is 0.